The van der Waals surface area contributed by atoms with E-state index in [0.29, 0.717) is 30.2 Å². The van der Waals surface area contributed by atoms with Crippen LogP contribution in [-0.4, -0.2) is 43.6 Å². The van der Waals surface area contributed by atoms with E-state index in [9.17, 15) is 9.82 Å². The van der Waals surface area contributed by atoms with Gasteiger partial charge in [0.2, 0.25) is 0 Å². The van der Waals surface area contributed by atoms with Crippen LogP contribution >= 0.6 is 0 Å². The van der Waals surface area contributed by atoms with Crippen LogP contribution in [0.15, 0.2) is 12.1 Å². The Morgan fingerprint density at radius 3 is 2.87 bits per heavy atom. The van der Waals surface area contributed by atoms with Gasteiger partial charge in [0.25, 0.3) is 0 Å². The van der Waals surface area contributed by atoms with Crippen LogP contribution in [-0.2, 0) is 9.39 Å². The number of nitrogens with one attached hydrogen (secondary N) is 1. The Labute approximate surface area is 135 Å². The molecule has 0 aliphatic carbocycles. The molecule has 0 spiro atoms. The molecule has 1 amide bonds. The molecule has 2 heterocycles. The van der Waals surface area contributed by atoms with Gasteiger partial charge in [0.15, 0.2) is 11.5 Å². The van der Waals surface area contributed by atoms with Crippen LogP contribution in [0.25, 0.3) is 0 Å². The van der Waals surface area contributed by atoms with Crippen molar-refractivity contribution >= 4 is 18.7 Å². The Bertz CT molecular complexity index is 615. The van der Waals surface area contributed by atoms with Crippen LogP contribution in [0.3, 0.4) is 0 Å². The molecule has 3 rings (SSSR count). The number of ether oxygens (including phenoxy) is 3. The number of carbonyl (C=O) groups is 1. The fourth-order valence-electron chi connectivity index (χ4n) is 2.63. The smallest absolute Gasteiger partial charge is 0.486 e. The van der Waals surface area contributed by atoms with Gasteiger partial charge in [-0.25, -0.2) is 4.79 Å². The van der Waals surface area contributed by atoms with Gasteiger partial charge in [-0.15, -0.1) is 0 Å². The van der Waals surface area contributed by atoms with Crippen LogP contribution < -0.4 is 20.3 Å². The third-order valence-electron chi connectivity index (χ3n) is 3.50. The van der Waals surface area contributed by atoms with Gasteiger partial charge >= 0.3 is 13.2 Å². The summed E-state index contributed by atoms with van der Waals surface area (Å²) in [5.74, 6) is 1.11. The van der Waals surface area contributed by atoms with E-state index in [2.05, 4.69) is 5.32 Å². The standard InChI is InChI=1S/C15H20BNO6/c1-15(2,3)22-14(18)17-8-11-9-4-5-10-13(21-7-6-20-10)12(9)16(19)23-11/h4-5,11,19H,6-8H2,1-3H3,(H,17,18). The summed E-state index contributed by atoms with van der Waals surface area (Å²) in [6.45, 7) is 6.48. The van der Waals surface area contributed by atoms with E-state index in [1.165, 1.54) is 0 Å². The highest BCUT2D eigenvalue weighted by Gasteiger charge is 2.40. The average Bonchev–Trinajstić information content (AvgIpc) is 2.80. The Morgan fingerprint density at radius 1 is 1.39 bits per heavy atom. The highest BCUT2D eigenvalue weighted by Crippen LogP contribution is 2.35. The van der Waals surface area contributed by atoms with Crippen molar-refractivity contribution in [2.24, 2.45) is 0 Å². The first kappa shape index (κ1) is 16.0. The molecule has 2 N–H and O–H groups in total. The zero-order valence-electron chi connectivity index (χ0n) is 13.4. The van der Waals surface area contributed by atoms with Crippen LogP contribution in [0, 0.1) is 0 Å². The van der Waals surface area contributed by atoms with Gasteiger partial charge in [0.05, 0.1) is 6.10 Å². The van der Waals surface area contributed by atoms with Gasteiger partial charge in [-0.3, -0.25) is 0 Å². The Kier molecular flexibility index (Phi) is 4.12. The highest BCUT2D eigenvalue weighted by molar-refractivity contribution is 6.63. The second-order valence-corrected chi connectivity index (χ2v) is 6.45. The Balaban J connectivity index is 1.72. The van der Waals surface area contributed by atoms with Gasteiger partial charge in [-0.2, -0.15) is 0 Å². The molecule has 124 valence electrons. The topological polar surface area (TPSA) is 86.3 Å². The third kappa shape index (κ3) is 3.38. The van der Waals surface area contributed by atoms with Crippen molar-refractivity contribution in [3.05, 3.63) is 17.7 Å². The third-order valence-corrected chi connectivity index (χ3v) is 3.50. The van der Waals surface area contributed by atoms with Crippen molar-refractivity contribution < 1.29 is 28.7 Å². The molecular formula is C15H20BNO6. The van der Waals surface area contributed by atoms with Crippen molar-refractivity contribution in [1.29, 1.82) is 0 Å². The molecule has 8 heteroatoms. The van der Waals surface area contributed by atoms with Crippen LogP contribution in [0.5, 0.6) is 11.5 Å². The summed E-state index contributed by atoms with van der Waals surface area (Å²) < 4.78 is 21.8. The van der Waals surface area contributed by atoms with Crippen molar-refractivity contribution in [2.75, 3.05) is 19.8 Å². The largest absolute Gasteiger partial charge is 0.496 e. The minimum Gasteiger partial charge on any atom is -0.486 e. The summed E-state index contributed by atoms with van der Waals surface area (Å²) in [5, 5.41) is 12.8. The maximum Gasteiger partial charge on any atom is 0.496 e. The van der Waals surface area contributed by atoms with E-state index in [-0.39, 0.29) is 6.54 Å². The summed E-state index contributed by atoms with van der Waals surface area (Å²) in [6, 6.07) is 3.61. The molecule has 0 saturated heterocycles. The lowest BCUT2D eigenvalue weighted by Gasteiger charge is -2.22. The number of benzene rings is 1. The maximum absolute atomic E-state index is 11.7. The highest BCUT2D eigenvalue weighted by atomic mass is 16.6. The van der Waals surface area contributed by atoms with Gasteiger partial charge in [-0.1, -0.05) is 6.07 Å². The first-order chi connectivity index (χ1) is 10.8. The predicted molar refractivity (Wildman–Crippen MR) is 83.1 cm³/mol. The second kappa shape index (κ2) is 5.94. The molecule has 0 aromatic heterocycles. The van der Waals surface area contributed by atoms with Crippen LogP contribution in [0.2, 0.25) is 0 Å². The number of rotatable bonds is 2. The van der Waals surface area contributed by atoms with Gasteiger partial charge < -0.3 is 29.2 Å². The van der Waals surface area contributed by atoms with E-state index in [4.69, 9.17) is 18.9 Å². The summed E-state index contributed by atoms with van der Waals surface area (Å²) >= 11 is 0. The Hall–Kier alpha value is -1.93. The molecule has 0 saturated carbocycles. The molecule has 23 heavy (non-hydrogen) atoms. The van der Waals surface area contributed by atoms with E-state index in [1.807, 2.05) is 6.07 Å². The summed E-state index contributed by atoms with van der Waals surface area (Å²) in [7, 11) is -1.10. The van der Waals surface area contributed by atoms with Crippen LogP contribution in [0.4, 0.5) is 4.79 Å². The van der Waals surface area contributed by atoms with Crippen molar-refractivity contribution in [3.8, 4) is 11.5 Å². The summed E-state index contributed by atoms with van der Waals surface area (Å²) in [5.41, 5.74) is 0.776. The SMILES string of the molecule is CC(C)(C)OC(=O)NCC1OB(O)c2c1ccc1c2OCCO1. The lowest BCUT2D eigenvalue weighted by Crippen LogP contribution is -2.35. The number of alkyl carbamates (subject to hydrolysis) is 1. The first-order valence-electron chi connectivity index (χ1n) is 7.58. The summed E-state index contributed by atoms with van der Waals surface area (Å²) in [4.78, 5) is 11.7. The molecule has 0 fully saturated rings. The number of carbonyl (C=O) groups excluding carboxylic acids is 1. The van der Waals surface area contributed by atoms with E-state index in [0.717, 1.165) is 5.56 Å². The fourth-order valence-corrected chi connectivity index (χ4v) is 2.63. The quantitative estimate of drug-likeness (QED) is 0.782. The molecule has 0 radical (unpaired) electrons. The normalized spacial score (nSPS) is 19.3. The zero-order valence-corrected chi connectivity index (χ0v) is 13.4. The van der Waals surface area contributed by atoms with Gasteiger partial charge in [0, 0.05) is 12.0 Å². The average molecular weight is 321 g/mol. The summed E-state index contributed by atoms with van der Waals surface area (Å²) in [6.07, 6.45) is -0.995. The minimum atomic E-state index is -1.10. The van der Waals surface area contributed by atoms with Crippen molar-refractivity contribution in [1.82, 2.24) is 5.32 Å². The lowest BCUT2D eigenvalue weighted by atomic mass is 9.78. The first-order valence-corrected chi connectivity index (χ1v) is 7.58. The van der Waals surface area contributed by atoms with Crippen LogP contribution in [0.1, 0.15) is 32.4 Å². The van der Waals surface area contributed by atoms with Crippen molar-refractivity contribution in [2.45, 2.75) is 32.5 Å². The Morgan fingerprint density at radius 2 is 2.13 bits per heavy atom. The van der Waals surface area contributed by atoms with E-state index < -0.39 is 24.9 Å². The predicted octanol–water partition coefficient (Wildman–Crippen LogP) is 0.741. The zero-order chi connectivity index (χ0) is 16.6. The number of amides is 1. The van der Waals surface area contributed by atoms with Gasteiger partial charge in [-0.05, 0) is 32.4 Å². The molecule has 1 unspecified atom stereocenters. The molecule has 0 bridgehead atoms. The lowest BCUT2D eigenvalue weighted by molar-refractivity contribution is 0.0498. The maximum atomic E-state index is 11.7. The second-order valence-electron chi connectivity index (χ2n) is 6.45. The molecule has 2 aliphatic rings. The molecule has 1 aromatic rings. The number of hydrogen-bond donors (Lipinski definition) is 2. The van der Waals surface area contributed by atoms with E-state index in [1.54, 1.807) is 26.8 Å². The monoisotopic (exact) mass is 321 g/mol. The molecule has 1 atom stereocenters. The minimum absolute atomic E-state index is 0.193. The molecule has 7 nitrogen and oxygen atoms in total. The number of hydrogen-bond acceptors (Lipinski definition) is 6. The van der Waals surface area contributed by atoms with Gasteiger partial charge in [0.1, 0.15) is 18.8 Å². The fraction of sp³-hybridized carbons (Fsp3) is 0.533. The number of fused-ring (bicyclic) bond motifs is 3. The molecule has 1 aromatic carbocycles. The van der Waals surface area contributed by atoms with E-state index >= 15 is 0 Å². The molecular weight excluding hydrogens is 301 g/mol. The molecule has 2 aliphatic heterocycles. The van der Waals surface area contributed by atoms with Crippen molar-refractivity contribution in [3.63, 3.8) is 0 Å².